The molecule has 5 nitrogen and oxygen atoms in total. The van der Waals surface area contributed by atoms with Gasteiger partial charge in [0.25, 0.3) is 0 Å². The smallest absolute Gasteiger partial charge is 0.319 e. The van der Waals surface area contributed by atoms with Crippen molar-refractivity contribution in [3.05, 3.63) is 72.1 Å². The van der Waals surface area contributed by atoms with E-state index in [1.165, 1.54) is 0 Å². The van der Waals surface area contributed by atoms with Gasteiger partial charge in [0.1, 0.15) is 6.26 Å². The molecule has 0 bridgehead atoms. The molecule has 0 aliphatic rings. The highest BCUT2D eigenvalue weighted by molar-refractivity contribution is 5.89. The molecule has 0 saturated heterocycles. The van der Waals surface area contributed by atoms with E-state index in [1.54, 1.807) is 6.26 Å². The number of nitrogens with one attached hydrogen (secondary N) is 2. The van der Waals surface area contributed by atoms with Crippen molar-refractivity contribution < 1.29 is 9.21 Å². The Morgan fingerprint density at radius 1 is 1.08 bits per heavy atom. The number of carbonyl (C=O) groups excluding carboxylic acids is 1. The van der Waals surface area contributed by atoms with Crippen molar-refractivity contribution in [2.45, 2.75) is 13.3 Å². The summed E-state index contributed by atoms with van der Waals surface area (Å²) in [6.07, 6.45) is 2.24. The Morgan fingerprint density at radius 2 is 1.83 bits per heavy atom. The standard InChI is InChI=1S/C19H19N3O2/c1-14-7-5-6-10-17(14)22-19(23)20-12-11-16-13-24-18(21-16)15-8-3-2-4-9-15/h2-10,13H,11-12H2,1H3,(H2,20,22,23). The van der Waals surface area contributed by atoms with Crippen molar-refractivity contribution in [1.29, 1.82) is 0 Å². The molecular formula is C19H19N3O2. The summed E-state index contributed by atoms with van der Waals surface area (Å²) in [4.78, 5) is 16.4. The van der Waals surface area contributed by atoms with Crippen molar-refractivity contribution in [3.63, 3.8) is 0 Å². The highest BCUT2D eigenvalue weighted by Gasteiger charge is 2.07. The molecule has 24 heavy (non-hydrogen) atoms. The van der Waals surface area contributed by atoms with E-state index < -0.39 is 0 Å². The lowest BCUT2D eigenvalue weighted by atomic mass is 10.2. The first kappa shape index (κ1) is 15.8. The lowest BCUT2D eigenvalue weighted by Crippen LogP contribution is -2.30. The van der Waals surface area contributed by atoms with Crippen LogP contribution < -0.4 is 10.6 Å². The molecule has 0 aliphatic carbocycles. The van der Waals surface area contributed by atoms with Gasteiger partial charge in [-0.15, -0.1) is 0 Å². The van der Waals surface area contributed by atoms with Crippen LogP contribution in [0.25, 0.3) is 11.5 Å². The first-order valence-corrected chi connectivity index (χ1v) is 7.82. The molecule has 0 spiro atoms. The molecule has 1 aromatic heterocycles. The minimum absolute atomic E-state index is 0.226. The number of urea groups is 1. The van der Waals surface area contributed by atoms with Crippen LogP contribution in [0.5, 0.6) is 0 Å². The molecule has 0 unspecified atom stereocenters. The summed E-state index contributed by atoms with van der Waals surface area (Å²) in [5.74, 6) is 0.593. The fourth-order valence-corrected chi connectivity index (χ4v) is 2.32. The number of hydrogen-bond donors (Lipinski definition) is 2. The van der Waals surface area contributed by atoms with Gasteiger partial charge in [0.15, 0.2) is 0 Å². The van der Waals surface area contributed by atoms with Gasteiger partial charge >= 0.3 is 6.03 Å². The fraction of sp³-hybridized carbons (Fsp3) is 0.158. The molecule has 0 atom stereocenters. The molecule has 2 aromatic carbocycles. The summed E-state index contributed by atoms with van der Waals surface area (Å²) in [5, 5.41) is 5.66. The fourth-order valence-electron chi connectivity index (χ4n) is 2.32. The summed E-state index contributed by atoms with van der Waals surface area (Å²) < 4.78 is 5.48. The molecule has 2 amide bonds. The molecule has 1 heterocycles. The van der Waals surface area contributed by atoms with Crippen LogP contribution in [0.15, 0.2) is 65.3 Å². The predicted octanol–water partition coefficient (Wildman–Crippen LogP) is 4.01. The zero-order valence-electron chi connectivity index (χ0n) is 13.5. The van der Waals surface area contributed by atoms with Crippen LogP contribution in [0.3, 0.4) is 0 Å². The quantitative estimate of drug-likeness (QED) is 0.746. The van der Waals surface area contributed by atoms with Crippen LogP contribution in [-0.4, -0.2) is 17.6 Å². The SMILES string of the molecule is Cc1ccccc1NC(=O)NCCc1coc(-c2ccccc2)n1. The van der Waals surface area contributed by atoms with Gasteiger partial charge in [-0.2, -0.15) is 0 Å². The number of benzene rings is 2. The zero-order chi connectivity index (χ0) is 16.8. The molecule has 0 aliphatic heterocycles. The Labute approximate surface area is 140 Å². The van der Waals surface area contributed by atoms with E-state index in [0.717, 1.165) is 22.5 Å². The molecule has 122 valence electrons. The molecule has 3 rings (SSSR count). The Kier molecular flexibility index (Phi) is 4.91. The zero-order valence-corrected chi connectivity index (χ0v) is 13.5. The number of hydrogen-bond acceptors (Lipinski definition) is 3. The van der Waals surface area contributed by atoms with Crippen LogP contribution >= 0.6 is 0 Å². The van der Waals surface area contributed by atoms with Crippen molar-refractivity contribution in [1.82, 2.24) is 10.3 Å². The first-order chi connectivity index (χ1) is 11.7. The van der Waals surface area contributed by atoms with Crippen molar-refractivity contribution >= 4 is 11.7 Å². The van der Waals surface area contributed by atoms with Crippen LogP contribution in [0, 0.1) is 6.92 Å². The predicted molar refractivity (Wildman–Crippen MR) is 93.8 cm³/mol. The van der Waals surface area contributed by atoms with E-state index in [4.69, 9.17) is 4.42 Å². The van der Waals surface area contributed by atoms with E-state index in [-0.39, 0.29) is 6.03 Å². The largest absolute Gasteiger partial charge is 0.444 e. The summed E-state index contributed by atoms with van der Waals surface area (Å²) in [7, 11) is 0. The van der Waals surface area contributed by atoms with Crippen LogP contribution in [-0.2, 0) is 6.42 Å². The average molecular weight is 321 g/mol. The third-order valence-electron chi connectivity index (χ3n) is 3.63. The lowest BCUT2D eigenvalue weighted by molar-refractivity contribution is 0.252. The molecule has 2 N–H and O–H groups in total. The highest BCUT2D eigenvalue weighted by Crippen LogP contribution is 2.18. The van der Waals surface area contributed by atoms with Gasteiger partial charge in [-0.3, -0.25) is 0 Å². The Hall–Kier alpha value is -3.08. The number of aromatic nitrogens is 1. The Morgan fingerprint density at radius 3 is 2.62 bits per heavy atom. The number of rotatable bonds is 5. The first-order valence-electron chi connectivity index (χ1n) is 7.82. The number of aryl methyl sites for hydroxylation is 1. The Balaban J connectivity index is 1.49. The minimum Gasteiger partial charge on any atom is -0.444 e. The van der Waals surface area contributed by atoms with E-state index >= 15 is 0 Å². The van der Waals surface area contributed by atoms with Crippen molar-refractivity contribution in [3.8, 4) is 11.5 Å². The number of nitrogens with zero attached hydrogens (tertiary/aromatic N) is 1. The van der Waals surface area contributed by atoms with E-state index in [0.29, 0.717) is 18.9 Å². The van der Waals surface area contributed by atoms with Gasteiger partial charge in [0, 0.05) is 24.2 Å². The van der Waals surface area contributed by atoms with E-state index in [9.17, 15) is 4.79 Å². The van der Waals surface area contributed by atoms with Gasteiger partial charge in [-0.1, -0.05) is 36.4 Å². The minimum atomic E-state index is -0.226. The summed E-state index contributed by atoms with van der Waals surface area (Å²) >= 11 is 0. The molecule has 0 fully saturated rings. The van der Waals surface area contributed by atoms with Crippen LogP contribution in [0.4, 0.5) is 10.5 Å². The summed E-state index contributed by atoms with van der Waals surface area (Å²) in [6.45, 7) is 2.44. The molecule has 0 saturated carbocycles. The maximum Gasteiger partial charge on any atom is 0.319 e. The second-order valence-electron chi connectivity index (χ2n) is 5.46. The third kappa shape index (κ3) is 4.01. The van der Waals surface area contributed by atoms with Crippen molar-refractivity contribution in [2.75, 3.05) is 11.9 Å². The highest BCUT2D eigenvalue weighted by atomic mass is 16.3. The average Bonchev–Trinajstić information content (AvgIpc) is 3.07. The van der Waals surface area contributed by atoms with Gasteiger partial charge in [0.05, 0.1) is 5.69 Å². The number of anilines is 1. The Bertz CT molecular complexity index is 812. The van der Waals surface area contributed by atoms with Crippen LogP contribution in [0.1, 0.15) is 11.3 Å². The van der Waals surface area contributed by atoms with Gasteiger partial charge in [-0.05, 0) is 30.7 Å². The van der Waals surface area contributed by atoms with Gasteiger partial charge < -0.3 is 15.1 Å². The number of para-hydroxylation sites is 1. The molecule has 3 aromatic rings. The second kappa shape index (κ2) is 7.46. The monoisotopic (exact) mass is 321 g/mol. The van der Waals surface area contributed by atoms with Crippen molar-refractivity contribution in [2.24, 2.45) is 0 Å². The molecular weight excluding hydrogens is 302 g/mol. The second-order valence-corrected chi connectivity index (χ2v) is 5.46. The molecule has 0 radical (unpaired) electrons. The van der Waals surface area contributed by atoms with Crippen LogP contribution in [0.2, 0.25) is 0 Å². The third-order valence-corrected chi connectivity index (χ3v) is 3.63. The number of amides is 2. The maximum atomic E-state index is 11.9. The number of carbonyl (C=O) groups is 1. The topological polar surface area (TPSA) is 67.2 Å². The maximum absolute atomic E-state index is 11.9. The summed E-state index contributed by atoms with van der Waals surface area (Å²) in [5.41, 5.74) is 3.58. The van der Waals surface area contributed by atoms with Gasteiger partial charge in [-0.25, -0.2) is 9.78 Å². The van der Waals surface area contributed by atoms with Gasteiger partial charge in [0.2, 0.25) is 5.89 Å². The lowest BCUT2D eigenvalue weighted by Gasteiger charge is -2.08. The van der Waals surface area contributed by atoms with E-state index in [2.05, 4.69) is 15.6 Å². The normalized spacial score (nSPS) is 10.4. The van der Waals surface area contributed by atoms with E-state index in [1.807, 2.05) is 61.5 Å². The molecule has 5 heteroatoms. The number of oxazole rings is 1. The summed E-state index contributed by atoms with van der Waals surface area (Å²) in [6, 6.07) is 17.2.